The van der Waals surface area contributed by atoms with E-state index in [-0.39, 0.29) is 17.3 Å². The van der Waals surface area contributed by atoms with Gasteiger partial charge in [-0.25, -0.2) is 0 Å². The lowest BCUT2D eigenvalue weighted by molar-refractivity contribution is -0.136. The van der Waals surface area contributed by atoms with Crippen LogP contribution in [0.2, 0.25) is 0 Å². The SMILES string of the molecule is CC(C)(C)c1cc(Nc2ccc(CC(=O)O)cc2)cc(C(C)(C)C)c1O. The molecule has 0 radical (unpaired) electrons. The smallest absolute Gasteiger partial charge is 0.307 e. The molecule has 3 N–H and O–H groups in total. The van der Waals surface area contributed by atoms with Crippen LogP contribution in [0.5, 0.6) is 5.75 Å². The third-order valence-corrected chi connectivity index (χ3v) is 4.32. The number of hydrogen-bond acceptors (Lipinski definition) is 3. The molecule has 0 aromatic heterocycles. The molecule has 2 aromatic carbocycles. The molecule has 0 aliphatic carbocycles. The topological polar surface area (TPSA) is 69.6 Å². The summed E-state index contributed by atoms with van der Waals surface area (Å²) in [6.45, 7) is 12.5. The van der Waals surface area contributed by atoms with E-state index < -0.39 is 5.97 Å². The van der Waals surface area contributed by atoms with Gasteiger partial charge >= 0.3 is 5.97 Å². The van der Waals surface area contributed by atoms with Gasteiger partial charge in [0.2, 0.25) is 0 Å². The first kappa shape index (κ1) is 19.8. The molecule has 4 heteroatoms. The van der Waals surface area contributed by atoms with Gasteiger partial charge in [-0.2, -0.15) is 0 Å². The van der Waals surface area contributed by atoms with Gasteiger partial charge in [0.25, 0.3) is 0 Å². The lowest BCUT2D eigenvalue weighted by Crippen LogP contribution is -2.17. The molecule has 0 aliphatic heterocycles. The number of nitrogens with one attached hydrogen (secondary N) is 1. The van der Waals surface area contributed by atoms with E-state index in [1.165, 1.54) is 0 Å². The maximum Gasteiger partial charge on any atom is 0.307 e. The molecule has 2 rings (SSSR count). The van der Waals surface area contributed by atoms with Gasteiger partial charge in [-0.15, -0.1) is 0 Å². The number of benzene rings is 2. The van der Waals surface area contributed by atoms with Crippen molar-refractivity contribution in [2.75, 3.05) is 5.32 Å². The number of rotatable bonds is 4. The summed E-state index contributed by atoms with van der Waals surface area (Å²) in [6, 6.07) is 11.3. The molecule has 0 unspecified atom stereocenters. The number of phenolic OH excluding ortho intramolecular Hbond substituents is 1. The lowest BCUT2D eigenvalue weighted by Gasteiger charge is -2.28. The van der Waals surface area contributed by atoms with Gasteiger partial charge in [-0.05, 0) is 40.7 Å². The highest BCUT2D eigenvalue weighted by Gasteiger charge is 2.26. The van der Waals surface area contributed by atoms with Gasteiger partial charge in [-0.3, -0.25) is 4.79 Å². The van der Waals surface area contributed by atoms with Crippen molar-refractivity contribution in [2.45, 2.75) is 58.8 Å². The van der Waals surface area contributed by atoms with Crippen LogP contribution in [0.25, 0.3) is 0 Å². The molecule has 0 spiro atoms. The fraction of sp³-hybridized carbons (Fsp3) is 0.409. The lowest BCUT2D eigenvalue weighted by atomic mass is 9.79. The van der Waals surface area contributed by atoms with Crippen molar-refractivity contribution in [3.05, 3.63) is 53.1 Å². The minimum Gasteiger partial charge on any atom is -0.507 e. The molecule has 0 aliphatic rings. The van der Waals surface area contributed by atoms with Crippen molar-refractivity contribution in [1.82, 2.24) is 0 Å². The van der Waals surface area contributed by atoms with Gasteiger partial charge < -0.3 is 15.5 Å². The summed E-state index contributed by atoms with van der Waals surface area (Å²) in [5.41, 5.74) is 3.97. The van der Waals surface area contributed by atoms with Crippen LogP contribution in [-0.4, -0.2) is 16.2 Å². The zero-order valence-electron chi connectivity index (χ0n) is 16.5. The zero-order valence-corrected chi connectivity index (χ0v) is 16.5. The first-order chi connectivity index (χ1) is 11.9. The van der Waals surface area contributed by atoms with Gasteiger partial charge in [0, 0.05) is 22.5 Å². The van der Waals surface area contributed by atoms with Crippen molar-refractivity contribution in [2.24, 2.45) is 0 Å². The molecule has 2 aromatic rings. The Balaban J connectivity index is 2.41. The number of phenols is 1. The van der Waals surface area contributed by atoms with Crippen LogP contribution in [0, 0.1) is 0 Å². The van der Waals surface area contributed by atoms with Crippen LogP contribution in [-0.2, 0) is 22.0 Å². The summed E-state index contributed by atoms with van der Waals surface area (Å²) in [5, 5.41) is 23.0. The molecule has 26 heavy (non-hydrogen) atoms. The molecule has 0 bridgehead atoms. The van der Waals surface area contributed by atoms with Crippen molar-refractivity contribution in [3.63, 3.8) is 0 Å². The van der Waals surface area contributed by atoms with Crippen molar-refractivity contribution >= 4 is 17.3 Å². The Hall–Kier alpha value is -2.49. The van der Waals surface area contributed by atoms with E-state index in [2.05, 4.69) is 46.9 Å². The Kier molecular flexibility index (Phi) is 5.36. The molecule has 0 fully saturated rings. The van der Waals surface area contributed by atoms with Crippen LogP contribution >= 0.6 is 0 Å². The number of carbonyl (C=O) groups is 1. The average Bonchev–Trinajstić information content (AvgIpc) is 2.48. The second-order valence-corrected chi connectivity index (χ2v) is 8.81. The highest BCUT2D eigenvalue weighted by molar-refractivity contribution is 5.71. The van der Waals surface area contributed by atoms with Crippen molar-refractivity contribution in [1.29, 1.82) is 0 Å². The standard InChI is InChI=1S/C22H29NO3/c1-21(2,3)17-12-16(13-18(20(17)26)22(4,5)6)23-15-9-7-14(8-10-15)11-19(24)25/h7-10,12-13,23,26H,11H2,1-6H3,(H,24,25). The molecule has 4 nitrogen and oxygen atoms in total. The summed E-state index contributed by atoms with van der Waals surface area (Å²) >= 11 is 0. The number of aromatic hydroxyl groups is 1. The third kappa shape index (κ3) is 4.78. The summed E-state index contributed by atoms with van der Waals surface area (Å²) in [7, 11) is 0. The Morgan fingerprint density at radius 3 is 1.73 bits per heavy atom. The summed E-state index contributed by atoms with van der Waals surface area (Å²) < 4.78 is 0. The summed E-state index contributed by atoms with van der Waals surface area (Å²) in [5.74, 6) is -0.485. The fourth-order valence-corrected chi connectivity index (χ4v) is 2.90. The largest absolute Gasteiger partial charge is 0.507 e. The second kappa shape index (κ2) is 7.02. The minimum atomic E-state index is -0.839. The highest BCUT2D eigenvalue weighted by atomic mass is 16.4. The van der Waals surface area contributed by atoms with Crippen LogP contribution < -0.4 is 5.32 Å². The molecular formula is C22H29NO3. The van der Waals surface area contributed by atoms with Gasteiger partial charge in [0.15, 0.2) is 0 Å². The Labute approximate surface area is 155 Å². The molecule has 0 saturated heterocycles. The van der Waals surface area contributed by atoms with E-state index in [0.717, 1.165) is 28.1 Å². The number of hydrogen-bond donors (Lipinski definition) is 3. The number of carboxylic acids is 1. The maximum atomic E-state index is 10.8. The van der Waals surface area contributed by atoms with Crippen LogP contribution in [0.4, 0.5) is 11.4 Å². The second-order valence-electron chi connectivity index (χ2n) is 8.81. The van der Waals surface area contributed by atoms with E-state index in [4.69, 9.17) is 5.11 Å². The van der Waals surface area contributed by atoms with E-state index in [1.54, 1.807) is 0 Å². The molecule has 0 atom stereocenters. The number of carboxylic acid groups (broad SMARTS) is 1. The molecule has 0 heterocycles. The minimum absolute atomic E-state index is 0.0157. The Bertz CT molecular complexity index is 759. The molecule has 0 saturated carbocycles. The number of aliphatic carboxylic acids is 1. The Morgan fingerprint density at radius 2 is 1.35 bits per heavy atom. The molecule has 140 valence electrons. The van der Waals surface area contributed by atoms with Crippen LogP contribution in [0.1, 0.15) is 58.2 Å². The summed E-state index contributed by atoms with van der Waals surface area (Å²) in [6.07, 6.45) is 0.0157. The van der Waals surface area contributed by atoms with Crippen LogP contribution in [0.15, 0.2) is 36.4 Å². The fourth-order valence-electron chi connectivity index (χ4n) is 2.90. The van der Waals surface area contributed by atoms with Gasteiger partial charge in [-0.1, -0.05) is 53.7 Å². The predicted molar refractivity (Wildman–Crippen MR) is 107 cm³/mol. The number of anilines is 2. The van der Waals surface area contributed by atoms with Crippen molar-refractivity contribution < 1.29 is 15.0 Å². The zero-order chi connectivity index (χ0) is 19.7. The predicted octanol–water partition coefficient (Wildman–Crippen LogP) is 5.36. The van der Waals surface area contributed by atoms with E-state index >= 15 is 0 Å². The van der Waals surface area contributed by atoms with Gasteiger partial charge in [0.1, 0.15) is 5.75 Å². The monoisotopic (exact) mass is 355 g/mol. The maximum absolute atomic E-state index is 10.8. The van der Waals surface area contributed by atoms with E-state index in [1.807, 2.05) is 36.4 Å². The first-order valence-electron chi connectivity index (χ1n) is 8.83. The average molecular weight is 355 g/mol. The van der Waals surface area contributed by atoms with E-state index in [0.29, 0.717) is 5.75 Å². The summed E-state index contributed by atoms with van der Waals surface area (Å²) in [4.78, 5) is 10.8. The van der Waals surface area contributed by atoms with Crippen molar-refractivity contribution in [3.8, 4) is 5.75 Å². The van der Waals surface area contributed by atoms with Gasteiger partial charge in [0.05, 0.1) is 6.42 Å². The normalized spacial score (nSPS) is 12.1. The Morgan fingerprint density at radius 1 is 0.885 bits per heavy atom. The first-order valence-corrected chi connectivity index (χ1v) is 8.83. The quantitative estimate of drug-likeness (QED) is 0.646. The third-order valence-electron chi connectivity index (χ3n) is 4.32. The van der Waals surface area contributed by atoms with E-state index in [9.17, 15) is 9.90 Å². The van der Waals surface area contributed by atoms with Crippen LogP contribution in [0.3, 0.4) is 0 Å². The molecule has 0 amide bonds. The molecular weight excluding hydrogens is 326 g/mol. The highest BCUT2D eigenvalue weighted by Crippen LogP contribution is 2.41.